The van der Waals surface area contributed by atoms with Gasteiger partial charge in [-0.2, -0.15) is 0 Å². The molecule has 0 saturated heterocycles. The molecule has 0 aromatic heterocycles. The Morgan fingerprint density at radius 3 is 0.632 bits per heavy atom. The Balaban J connectivity index is 0. The van der Waals surface area contributed by atoms with Crippen molar-refractivity contribution < 1.29 is 0 Å². The van der Waals surface area contributed by atoms with Gasteiger partial charge in [0.2, 0.25) is 0 Å². The first kappa shape index (κ1) is 21.9. The van der Waals surface area contributed by atoms with Crippen molar-refractivity contribution in [3.8, 4) is 0 Å². The Labute approximate surface area is 135 Å². The molecule has 19 heavy (non-hydrogen) atoms. The van der Waals surface area contributed by atoms with Crippen molar-refractivity contribution in [1.82, 2.24) is 0 Å². The molecule has 0 nitrogen and oxygen atoms in total. The first-order chi connectivity index (χ1) is 8.91. The fourth-order valence-electron chi connectivity index (χ4n) is 2.62. The molecule has 0 rings (SSSR count). The van der Waals surface area contributed by atoms with Gasteiger partial charge >= 0.3 is 18.9 Å². The third kappa shape index (κ3) is 21.1. The SMILES string of the molecule is CCCCCCCCCCCCCCCCCC.[LiH]. The summed E-state index contributed by atoms with van der Waals surface area (Å²) in [6, 6.07) is 0. The molecule has 0 fully saturated rings. The van der Waals surface area contributed by atoms with Crippen LogP contribution in [-0.4, -0.2) is 18.9 Å². The van der Waals surface area contributed by atoms with E-state index in [4.69, 9.17) is 0 Å². The summed E-state index contributed by atoms with van der Waals surface area (Å²) >= 11 is 0. The van der Waals surface area contributed by atoms with Crippen molar-refractivity contribution in [3.63, 3.8) is 0 Å². The van der Waals surface area contributed by atoms with E-state index < -0.39 is 0 Å². The van der Waals surface area contributed by atoms with Gasteiger partial charge in [0.05, 0.1) is 0 Å². The van der Waals surface area contributed by atoms with Gasteiger partial charge in [-0.15, -0.1) is 0 Å². The Morgan fingerprint density at radius 2 is 0.474 bits per heavy atom. The van der Waals surface area contributed by atoms with E-state index in [1.807, 2.05) is 0 Å². The van der Waals surface area contributed by atoms with Gasteiger partial charge < -0.3 is 0 Å². The van der Waals surface area contributed by atoms with Crippen LogP contribution >= 0.6 is 0 Å². The summed E-state index contributed by atoms with van der Waals surface area (Å²) < 4.78 is 0. The molecule has 0 aliphatic heterocycles. The molecule has 0 radical (unpaired) electrons. The monoisotopic (exact) mass is 262 g/mol. The van der Waals surface area contributed by atoms with Gasteiger partial charge in [-0.1, -0.05) is 117 Å². The maximum atomic E-state index is 2.29. The van der Waals surface area contributed by atoms with Crippen molar-refractivity contribution in [1.29, 1.82) is 0 Å². The van der Waals surface area contributed by atoms with Crippen LogP contribution in [0.25, 0.3) is 0 Å². The van der Waals surface area contributed by atoms with Gasteiger partial charge in [0, 0.05) is 0 Å². The van der Waals surface area contributed by atoms with Crippen LogP contribution in [0, 0.1) is 0 Å². The first-order valence-corrected chi connectivity index (χ1v) is 8.91. The van der Waals surface area contributed by atoms with Crippen molar-refractivity contribution in [2.24, 2.45) is 0 Å². The van der Waals surface area contributed by atoms with E-state index in [1.165, 1.54) is 103 Å². The fourth-order valence-corrected chi connectivity index (χ4v) is 2.62. The molecular formula is C18H39Li. The molecule has 0 aliphatic rings. The van der Waals surface area contributed by atoms with E-state index in [2.05, 4.69) is 13.8 Å². The molecule has 0 saturated carbocycles. The normalized spacial score (nSPS) is 10.4. The van der Waals surface area contributed by atoms with E-state index >= 15 is 0 Å². The van der Waals surface area contributed by atoms with Gasteiger partial charge in [-0.05, 0) is 0 Å². The summed E-state index contributed by atoms with van der Waals surface area (Å²) in [5.41, 5.74) is 0. The van der Waals surface area contributed by atoms with Crippen LogP contribution in [-0.2, 0) is 0 Å². The minimum atomic E-state index is 0. The molecule has 0 aromatic rings. The second-order valence-corrected chi connectivity index (χ2v) is 5.95. The zero-order valence-electron chi connectivity index (χ0n) is 13.3. The molecule has 0 aliphatic carbocycles. The molecule has 0 amide bonds. The quantitative estimate of drug-likeness (QED) is 0.230. The predicted molar refractivity (Wildman–Crippen MR) is 92.4 cm³/mol. The number of hydrogen-bond acceptors (Lipinski definition) is 0. The fraction of sp³-hybridized carbons (Fsp3) is 1.00. The molecule has 0 atom stereocenters. The maximum absolute atomic E-state index is 2.29. The summed E-state index contributed by atoms with van der Waals surface area (Å²) in [5.74, 6) is 0. The zero-order valence-corrected chi connectivity index (χ0v) is 13.3. The standard InChI is InChI=1S/C18H38.Li.H/c1-3-5-7-9-11-13-15-17-18-16-14-12-10-8-6-4-2;;/h3-18H2,1-2H3;;. The zero-order chi connectivity index (χ0) is 13.3. The van der Waals surface area contributed by atoms with E-state index in [1.54, 1.807) is 0 Å². The summed E-state index contributed by atoms with van der Waals surface area (Å²) in [7, 11) is 0. The molecule has 112 valence electrons. The minimum absolute atomic E-state index is 0. The molecule has 1 heteroatoms. The van der Waals surface area contributed by atoms with Crippen molar-refractivity contribution in [2.45, 2.75) is 117 Å². The number of rotatable bonds is 15. The Hall–Kier alpha value is 0.597. The third-order valence-electron chi connectivity index (χ3n) is 3.96. The third-order valence-corrected chi connectivity index (χ3v) is 3.96. The molecule has 0 heterocycles. The average molecular weight is 262 g/mol. The second-order valence-electron chi connectivity index (χ2n) is 5.95. The summed E-state index contributed by atoms with van der Waals surface area (Å²) in [4.78, 5) is 0. The topological polar surface area (TPSA) is 0 Å². The average Bonchev–Trinajstić information content (AvgIpc) is 2.39. The van der Waals surface area contributed by atoms with Gasteiger partial charge in [-0.25, -0.2) is 0 Å². The first-order valence-electron chi connectivity index (χ1n) is 8.91. The molecule has 0 N–H and O–H groups in total. The molecule has 0 aromatic carbocycles. The van der Waals surface area contributed by atoms with Crippen LogP contribution in [0.15, 0.2) is 0 Å². The van der Waals surface area contributed by atoms with Crippen LogP contribution in [0.3, 0.4) is 0 Å². The summed E-state index contributed by atoms with van der Waals surface area (Å²) in [6.45, 7) is 4.59. The van der Waals surface area contributed by atoms with Crippen LogP contribution in [0.5, 0.6) is 0 Å². The number of hydrogen-bond donors (Lipinski definition) is 0. The van der Waals surface area contributed by atoms with Gasteiger partial charge in [0.1, 0.15) is 0 Å². The van der Waals surface area contributed by atoms with E-state index in [0.717, 1.165) is 0 Å². The van der Waals surface area contributed by atoms with Crippen molar-refractivity contribution in [2.75, 3.05) is 0 Å². The van der Waals surface area contributed by atoms with Gasteiger partial charge in [-0.3, -0.25) is 0 Å². The predicted octanol–water partition coefficient (Wildman–Crippen LogP) is 6.62. The van der Waals surface area contributed by atoms with Gasteiger partial charge in [0.25, 0.3) is 0 Å². The Morgan fingerprint density at radius 1 is 0.316 bits per heavy atom. The van der Waals surface area contributed by atoms with Crippen LogP contribution < -0.4 is 0 Å². The molecule has 0 unspecified atom stereocenters. The van der Waals surface area contributed by atoms with Crippen LogP contribution in [0.1, 0.15) is 117 Å². The number of unbranched alkanes of at least 4 members (excludes halogenated alkanes) is 15. The van der Waals surface area contributed by atoms with E-state index in [0.29, 0.717) is 0 Å². The van der Waals surface area contributed by atoms with Gasteiger partial charge in [0.15, 0.2) is 0 Å². The van der Waals surface area contributed by atoms with Crippen LogP contribution in [0.4, 0.5) is 0 Å². The van der Waals surface area contributed by atoms with E-state index in [9.17, 15) is 0 Å². The molecule has 0 spiro atoms. The van der Waals surface area contributed by atoms with Crippen molar-refractivity contribution in [3.05, 3.63) is 0 Å². The molecular weight excluding hydrogens is 223 g/mol. The Bertz CT molecular complexity index is 118. The second kappa shape index (κ2) is 20.9. The van der Waals surface area contributed by atoms with Crippen LogP contribution in [0.2, 0.25) is 0 Å². The Kier molecular flexibility index (Phi) is 24.1. The van der Waals surface area contributed by atoms with Crippen molar-refractivity contribution >= 4 is 18.9 Å². The summed E-state index contributed by atoms with van der Waals surface area (Å²) in [5, 5.41) is 0. The van der Waals surface area contributed by atoms with E-state index in [-0.39, 0.29) is 18.9 Å². The molecule has 0 bridgehead atoms. The summed E-state index contributed by atoms with van der Waals surface area (Å²) in [6.07, 6.45) is 23.4.